The molecule has 0 aromatic carbocycles. The molecule has 2 unspecified atom stereocenters. The molecule has 2 aliphatic heterocycles. The summed E-state index contributed by atoms with van der Waals surface area (Å²) in [5.41, 5.74) is 0. The van der Waals surface area contributed by atoms with Crippen LogP contribution in [-0.4, -0.2) is 71.4 Å². The van der Waals surface area contributed by atoms with Crippen molar-refractivity contribution in [3.63, 3.8) is 0 Å². The topological polar surface area (TPSA) is 69.5 Å². The Bertz CT molecular complexity index is 565. The lowest BCUT2D eigenvalue weighted by atomic mass is 9.97. The second-order valence-corrected chi connectivity index (χ2v) is 10.4. The summed E-state index contributed by atoms with van der Waals surface area (Å²) in [6.45, 7) is 16.4. The van der Waals surface area contributed by atoms with E-state index in [1.165, 1.54) is 51.4 Å². The fourth-order valence-corrected chi connectivity index (χ4v) is 5.12. The summed E-state index contributed by atoms with van der Waals surface area (Å²) in [6.07, 6.45) is 12.2. The molecule has 0 bridgehead atoms. The summed E-state index contributed by atoms with van der Waals surface area (Å²) in [5.74, 6) is 2.66. The molecular formula is C26H52N6. The third-order valence-electron chi connectivity index (χ3n) is 7.84. The Morgan fingerprint density at radius 3 is 2.31 bits per heavy atom. The van der Waals surface area contributed by atoms with Crippen molar-refractivity contribution in [2.24, 2.45) is 11.8 Å². The smallest absolute Gasteiger partial charge is 0.194 e. The normalized spacial score (nSPS) is 23.2. The van der Waals surface area contributed by atoms with E-state index < -0.39 is 0 Å². The van der Waals surface area contributed by atoms with Crippen molar-refractivity contribution in [3.05, 3.63) is 0 Å². The van der Waals surface area contributed by atoms with Gasteiger partial charge in [0, 0.05) is 38.8 Å². The van der Waals surface area contributed by atoms with Crippen molar-refractivity contribution >= 4 is 11.9 Å². The van der Waals surface area contributed by atoms with E-state index in [4.69, 9.17) is 10.8 Å². The van der Waals surface area contributed by atoms with Crippen LogP contribution in [0, 0.1) is 22.7 Å². The lowest BCUT2D eigenvalue weighted by Gasteiger charge is -2.31. The van der Waals surface area contributed by atoms with Crippen molar-refractivity contribution in [2.45, 2.75) is 111 Å². The van der Waals surface area contributed by atoms with Gasteiger partial charge in [0.15, 0.2) is 11.9 Å². The van der Waals surface area contributed by atoms with Crippen LogP contribution >= 0.6 is 0 Å². The monoisotopic (exact) mass is 448 g/mol. The van der Waals surface area contributed by atoms with Crippen molar-refractivity contribution in [3.8, 4) is 0 Å². The van der Waals surface area contributed by atoms with E-state index in [1.807, 2.05) is 0 Å². The Balaban J connectivity index is 1.77. The highest BCUT2D eigenvalue weighted by Gasteiger charge is 2.37. The van der Waals surface area contributed by atoms with Crippen LogP contribution in [-0.2, 0) is 0 Å². The van der Waals surface area contributed by atoms with E-state index >= 15 is 0 Å². The first-order valence-electron chi connectivity index (χ1n) is 13.6. The van der Waals surface area contributed by atoms with Gasteiger partial charge in [0.25, 0.3) is 0 Å². The van der Waals surface area contributed by atoms with Gasteiger partial charge in [0.2, 0.25) is 0 Å². The predicted molar refractivity (Wildman–Crippen MR) is 138 cm³/mol. The van der Waals surface area contributed by atoms with Gasteiger partial charge in [0.1, 0.15) is 0 Å². The van der Waals surface area contributed by atoms with Gasteiger partial charge in [-0.15, -0.1) is 0 Å². The molecule has 2 aliphatic rings. The van der Waals surface area contributed by atoms with Crippen LogP contribution in [0.25, 0.3) is 0 Å². The van der Waals surface area contributed by atoms with Crippen LogP contribution in [0.15, 0.2) is 0 Å². The average Bonchev–Trinajstić information content (AvgIpc) is 3.30. The fraction of sp³-hybridized carbons (Fsp3) is 0.923. The first-order valence-corrected chi connectivity index (χ1v) is 13.6. The zero-order valence-corrected chi connectivity index (χ0v) is 21.8. The minimum atomic E-state index is 0.474. The summed E-state index contributed by atoms with van der Waals surface area (Å²) in [7, 11) is 0. The van der Waals surface area contributed by atoms with Crippen LogP contribution in [0.2, 0.25) is 0 Å². The molecule has 0 amide bonds. The minimum Gasteiger partial charge on any atom is -0.354 e. The molecule has 3 N–H and O–H groups in total. The summed E-state index contributed by atoms with van der Waals surface area (Å²) in [4.78, 5) is 7.03. The van der Waals surface area contributed by atoms with E-state index in [0.29, 0.717) is 29.9 Å². The number of guanidine groups is 2. The maximum atomic E-state index is 8.82. The Kier molecular flexibility index (Phi) is 11.7. The van der Waals surface area contributed by atoms with Crippen LogP contribution < -0.4 is 5.32 Å². The third-order valence-corrected chi connectivity index (χ3v) is 7.84. The lowest BCUT2D eigenvalue weighted by molar-refractivity contribution is 0.230. The molecule has 2 heterocycles. The predicted octanol–water partition coefficient (Wildman–Crippen LogP) is 5.35. The molecule has 4 atom stereocenters. The van der Waals surface area contributed by atoms with Crippen molar-refractivity contribution in [2.75, 3.05) is 32.7 Å². The largest absolute Gasteiger partial charge is 0.354 e. The van der Waals surface area contributed by atoms with Crippen LogP contribution in [0.4, 0.5) is 0 Å². The van der Waals surface area contributed by atoms with Gasteiger partial charge in [0.05, 0.1) is 6.04 Å². The molecule has 0 spiro atoms. The molecule has 0 saturated carbocycles. The summed E-state index contributed by atoms with van der Waals surface area (Å²) in [5, 5.41) is 20.3. The van der Waals surface area contributed by atoms with Gasteiger partial charge in [-0.25, -0.2) is 0 Å². The number of hydrogen-bond donors (Lipinski definition) is 3. The van der Waals surface area contributed by atoms with Gasteiger partial charge in [-0.05, 0) is 37.5 Å². The minimum absolute atomic E-state index is 0.474. The number of rotatable bonds is 16. The molecule has 0 radical (unpaired) electrons. The van der Waals surface area contributed by atoms with Crippen molar-refractivity contribution in [1.29, 1.82) is 10.8 Å². The molecule has 6 heteroatoms. The van der Waals surface area contributed by atoms with Crippen LogP contribution in [0.1, 0.15) is 98.8 Å². The molecule has 32 heavy (non-hydrogen) atoms. The van der Waals surface area contributed by atoms with Crippen molar-refractivity contribution in [1.82, 2.24) is 20.0 Å². The van der Waals surface area contributed by atoms with Crippen LogP contribution in [0.3, 0.4) is 0 Å². The number of nitrogens with one attached hydrogen (secondary N) is 3. The summed E-state index contributed by atoms with van der Waals surface area (Å²) < 4.78 is 0. The average molecular weight is 449 g/mol. The summed E-state index contributed by atoms with van der Waals surface area (Å²) >= 11 is 0. The first-order chi connectivity index (χ1) is 15.4. The van der Waals surface area contributed by atoms with Gasteiger partial charge >= 0.3 is 0 Å². The Hall–Kier alpha value is -1.46. The Labute approximate surface area is 198 Å². The molecule has 0 aliphatic carbocycles. The number of hydrogen-bond acceptors (Lipinski definition) is 2. The molecule has 6 nitrogen and oxygen atoms in total. The highest BCUT2D eigenvalue weighted by atomic mass is 15.4. The molecule has 2 saturated heterocycles. The van der Waals surface area contributed by atoms with Gasteiger partial charge in [-0.3, -0.25) is 10.8 Å². The zero-order chi connectivity index (χ0) is 23.5. The highest BCUT2D eigenvalue weighted by Crippen LogP contribution is 2.26. The molecule has 186 valence electrons. The quantitative estimate of drug-likeness (QED) is 0.278. The number of unbranched alkanes of at least 4 members (excludes halogenated alkanes) is 5. The molecule has 2 fully saturated rings. The second-order valence-electron chi connectivity index (χ2n) is 10.4. The molecule has 2 rings (SSSR count). The van der Waals surface area contributed by atoms with Gasteiger partial charge in [-0.1, -0.05) is 73.1 Å². The second kappa shape index (κ2) is 13.9. The first kappa shape index (κ1) is 26.8. The van der Waals surface area contributed by atoms with Crippen molar-refractivity contribution < 1.29 is 0 Å². The van der Waals surface area contributed by atoms with E-state index in [2.05, 4.69) is 54.6 Å². The molecular weight excluding hydrogens is 396 g/mol. The lowest BCUT2D eigenvalue weighted by Crippen LogP contribution is -2.41. The maximum absolute atomic E-state index is 8.82. The van der Waals surface area contributed by atoms with E-state index in [0.717, 1.165) is 51.5 Å². The Morgan fingerprint density at radius 2 is 1.62 bits per heavy atom. The maximum Gasteiger partial charge on any atom is 0.194 e. The molecule has 0 aromatic rings. The third kappa shape index (κ3) is 7.55. The zero-order valence-electron chi connectivity index (χ0n) is 21.8. The van der Waals surface area contributed by atoms with Gasteiger partial charge in [-0.2, -0.15) is 0 Å². The van der Waals surface area contributed by atoms with E-state index in [-0.39, 0.29) is 0 Å². The van der Waals surface area contributed by atoms with E-state index in [1.54, 1.807) is 0 Å². The fourth-order valence-electron chi connectivity index (χ4n) is 5.12. The highest BCUT2D eigenvalue weighted by molar-refractivity contribution is 5.80. The van der Waals surface area contributed by atoms with E-state index in [9.17, 15) is 0 Å². The Morgan fingerprint density at radius 1 is 0.906 bits per heavy atom. The SMILES string of the molecule is CCCCCCCN1C(=N)NC[C@@H]1CCCCN1C[C@H](C(C)CC)N(CC(C)CC)C1=N. The molecule has 0 aromatic heterocycles. The summed E-state index contributed by atoms with van der Waals surface area (Å²) in [6, 6.07) is 0.964. The standard InChI is InChI=1S/C26H52N6/c1-6-9-10-11-13-17-31-23(18-29-25(31)27)15-12-14-16-30-20-24(22(5)8-3)32(26(30)28)19-21(4)7-2/h21-24,28H,6-20H2,1-5H3,(H2,27,29)/t21?,22?,23-,24+/m0/s1. The van der Waals surface area contributed by atoms with Gasteiger partial charge < -0.3 is 20.0 Å². The number of nitrogens with zero attached hydrogens (tertiary/aromatic N) is 3. The van der Waals surface area contributed by atoms with Crippen LogP contribution in [0.5, 0.6) is 0 Å².